The summed E-state index contributed by atoms with van der Waals surface area (Å²) < 4.78 is 12.4. The third-order valence-electron chi connectivity index (χ3n) is 6.78. The lowest BCUT2D eigenvalue weighted by atomic mass is 9.96. The number of nitrogens with zero attached hydrogens (tertiary/aromatic N) is 3. The predicted molar refractivity (Wildman–Crippen MR) is 148 cm³/mol. The highest BCUT2D eigenvalue weighted by molar-refractivity contribution is 7.80. The fourth-order valence-electron chi connectivity index (χ4n) is 5.04. The van der Waals surface area contributed by atoms with E-state index in [-0.39, 0.29) is 18.1 Å². The summed E-state index contributed by atoms with van der Waals surface area (Å²) in [5.41, 5.74) is 6.65. The number of methoxy groups -OCH3 is 2. The van der Waals surface area contributed by atoms with E-state index in [1.807, 2.05) is 54.6 Å². The molecule has 1 N–H and O–H groups in total. The normalized spacial score (nSPS) is 17.0. The standard InChI is InChI=1S/C29H28N4O3S/c1-18-17-24(19(2)32(18)21-10-8-20(9-11-21)28(34)36-4)27-26(25-7-5-6-16-30-25)31-29(37)33(27)22-12-14-23(35-3)15-13-22/h5-17,26-27H,1-4H3,(H,31,37)/t26-,27-/m1/s1. The minimum absolute atomic E-state index is 0.134. The first-order valence-corrected chi connectivity index (χ1v) is 12.4. The van der Waals surface area contributed by atoms with E-state index in [1.54, 1.807) is 25.4 Å². The number of anilines is 1. The van der Waals surface area contributed by atoms with E-state index >= 15 is 0 Å². The Bertz CT molecular complexity index is 1430. The van der Waals surface area contributed by atoms with Crippen LogP contribution in [0.15, 0.2) is 79.0 Å². The summed E-state index contributed by atoms with van der Waals surface area (Å²) in [6, 6.07) is 23.2. The van der Waals surface area contributed by atoms with Gasteiger partial charge < -0.3 is 24.3 Å². The van der Waals surface area contributed by atoms with Crippen LogP contribution < -0.4 is 15.0 Å². The molecule has 0 radical (unpaired) electrons. The average molecular weight is 513 g/mol. The maximum atomic E-state index is 11.9. The van der Waals surface area contributed by atoms with Crippen molar-refractivity contribution in [2.75, 3.05) is 19.1 Å². The quantitative estimate of drug-likeness (QED) is 0.272. The van der Waals surface area contributed by atoms with Gasteiger partial charge in [-0.2, -0.15) is 0 Å². The maximum Gasteiger partial charge on any atom is 0.337 e. The van der Waals surface area contributed by atoms with Crippen LogP contribution in [0.4, 0.5) is 5.69 Å². The Labute approximate surface area is 221 Å². The summed E-state index contributed by atoms with van der Waals surface area (Å²) >= 11 is 5.87. The zero-order chi connectivity index (χ0) is 26.1. The van der Waals surface area contributed by atoms with Gasteiger partial charge in [0, 0.05) is 29.0 Å². The second kappa shape index (κ2) is 10.1. The molecule has 0 amide bonds. The highest BCUT2D eigenvalue weighted by Gasteiger charge is 2.42. The molecular formula is C29H28N4O3S. The molecule has 1 saturated heterocycles. The fourth-order valence-corrected chi connectivity index (χ4v) is 5.39. The van der Waals surface area contributed by atoms with E-state index < -0.39 is 0 Å². The molecule has 2 atom stereocenters. The van der Waals surface area contributed by atoms with E-state index in [0.29, 0.717) is 10.7 Å². The number of benzene rings is 2. The molecule has 2 aromatic carbocycles. The van der Waals surface area contributed by atoms with E-state index in [1.165, 1.54) is 7.11 Å². The fraction of sp³-hybridized carbons (Fsp3) is 0.207. The smallest absolute Gasteiger partial charge is 0.337 e. The van der Waals surface area contributed by atoms with Crippen molar-refractivity contribution in [1.82, 2.24) is 14.9 Å². The van der Waals surface area contributed by atoms with Crippen LogP contribution in [0.3, 0.4) is 0 Å². The van der Waals surface area contributed by atoms with Crippen molar-refractivity contribution in [2.24, 2.45) is 0 Å². The van der Waals surface area contributed by atoms with Gasteiger partial charge in [0.15, 0.2) is 5.11 Å². The topological polar surface area (TPSA) is 68.6 Å². The third kappa shape index (κ3) is 4.44. The molecule has 7 nitrogen and oxygen atoms in total. The number of esters is 1. The Kier molecular flexibility index (Phi) is 6.67. The van der Waals surface area contributed by atoms with Crippen LogP contribution in [0.5, 0.6) is 5.75 Å². The minimum Gasteiger partial charge on any atom is -0.497 e. The molecule has 0 saturated carbocycles. The van der Waals surface area contributed by atoms with Crippen LogP contribution >= 0.6 is 12.2 Å². The van der Waals surface area contributed by atoms with Crippen LogP contribution in [0.1, 0.15) is 45.1 Å². The zero-order valence-corrected chi connectivity index (χ0v) is 22.0. The minimum atomic E-state index is -0.355. The van der Waals surface area contributed by atoms with Crippen LogP contribution in [-0.4, -0.2) is 34.9 Å². The van der Waals surface area contributed by atoms with Crippen molar-refractivity contribution in [3.63, 3.8) is 0 Å². The van der Waals surface area contributed by atoms with Crippen molar-refractivity contribution < 1.29 is 14.3 Å². The second-order valence-electron chi connectivity index (χ2n) is 8.89. The highest BCUT2D eigenvalue weighted by Crippen LogP contribution is 2.44. The Morgan fingerprint density at radius 1 is 0.973 bits per heavy atom. The number of nitrogens with one attached hydrogen (secondary N) is 1. The molecule has 1 fully saturated rings. The van der Waals surface area contributed by atoms with Gasteiger partial charge in [-0.15, -0.1) is 0 Å². The monoisotopic (exact) mass is 512 g/mol. The first-order chi connectivity index (χ1) is 17.9. The van der Waals surface area contributed by atoms with Crippen molar-refractivity contribution in [2.45, 2.75) is 25.9 Å². The molecule has 188 valence electrons. The summed E-state index contributed by atoms with van der Waals surface area (Å²) in [5.74, 6) is 0.431. The van der Waals surface area contributed by atoms with Gasteiger partial charge in [-0.25, -0.2) is 4.79 Å². The molecule has 5 rings (SSSR count). The SMILES string of the molecule is COC(=O)c1ccc(-n2c(C)cc([C@@H]3[C@@H](c4ccccn4)NC(=S)N3c3ccc(OC)cc3)c2C)cc1. The lowest BCUT2D eigenvalue weighted by Gasteiger charge is -2.28. The van der Waals surface area contributed by atoms with Crippen molar-refractivity contribution in [3.05, 3.63) is 107 Å². The zero-order valence-electron chi connectivity index (χ0n) is 21.1. The number of pyridine rings is 1. The van der Waals surface area contributed by atoms with Gasteiger partial charge >= 0.3 is 5.97 Å². The molecule has 0 bridgehead atoms. The number of hydrogen-bond donors (Lipinski definition) is 1. The summed E-state index contributed by atoms with van der Waals surface area (Å²) in [7, 11) is 3.04. The number of ether oxygens (including phenoxy) is 2. The van der Waals surface area contributed by atoms with Gasteiger partial charge in [0.25, 0.3) is 0 Å². The van der Waals surface area contributed by atoms with Crippen molar-refractivity contribution in [1.29, 1.82) is 0 Å². The lowest BCUT2D eigenvalue weighted by Crippen LogP contribution is -2.29. The molecular weight excluding hydrogens is 484 g/mol. The number of aromatic nitrogens is 2. The third-order valence-corrected chi connectivity index (χ3v) is 7.10. The first kappa shape index (κ1) is 24.5. The summed E-state index contributed by atoms with van der Waals surface area (Å²) in [4.78, 5) is 18.7. The first-order valence-electron chi connectivity index (χ1n) is 11.9. The summed E-state index contributed by atoms with van der Waals surface area (Å²) in [6.45, 7) is 4.19. The Morgan fingerprint density at radius 3 is 2.30 bits per heavy atom. The van der Waals surface area contributed by atoms with Crippen LogP contribution in [0.2, 0.25) is 0 Å². The molecule has 2 aromatic heterocycles. The van der Waals surface area contributed by atoms with E-state index in [9.17, 15) is 4.79 Å². The van der Waals surface area contributed by atoms with Gasteiger partial charge in [-0.05, 0) is 98.4 Å². The van der Waals surface area contributed by atoms with Gasteiger partial charge in [-0.1, -0.05) is 6.07 Å². The summed E-state index contributed by atoms with van der Waals surface area (Å²) in [5, 5.41) is 4.16. The molecule has 1 aliphatic heterocycles. The maximum absolute atomic E-state index is 11.9. The van der Waals surface area contributed by atoms with Crippen LogP contribution in [0, 0.1) is 13.8 Å². The molecule has 3 heterocycles. The number of aryl methyl sites for hydroxylation is 1. The van der Waals surface area contributed by atoms with E-state index in [4.69, 9.17) is 21.7 Å². The largest absolute Gasteiger partial charge is 0.497 e. The number of rotatable bonds is 6. The lowest BCUT2D eigenvalue weighted by molar-refractivity contribution is 0.0600. The van der Waals surface area contributed by atoms with Gasteiger partial charge in [0.05, 0.1) is 37.6 Å². The number of carbonyl (C=O) groups is 1. The van der Waals surface area contributed by atoms with Crippen LogP contribution in [-0.2, 0) is 4.74 Å². The van der Waals surface area contributed by atoms with E-state index in [0.717, 1.165) is 39.8 Å². The Morgan fingerprint density at radius 2 is 1.68 bits per heavy atom. The molecule has 37 heavy (non-hydrogen) atoms. The van der Waals surface area contributed by atoms with Crippen molar-refractivity contribution in [3.8, 4) is 11.4 Å². The molecule has 8 heteroatoms. The molecule has 1 aliphatic rings. The second-order valence-corrected chi connectivity index (χ2v) is 9.28. The molecule has 0 spiro atoms. The number of carbonyl (C=O) groups excluding carboxylic acids is 1. The molecule has 4 aromatic rings. The van der Waals surface area contributed by atoms with E-state index in [2.05, 4.69) is 39.7 Å². The molecule has 0 aliphatic carbocycles. The van der Waals surface area contributed by atoms with Crippen LogP contribution in [0.25, 0.3) is 5.69 Å². The van der Waals surface area contributed by atoms with Gasteiger partial charge in [0.2, 0.25) is 0 Å². The number of hydrogen-bond acceptors (Lipinski definition) is 5. The predicted octanol–water partition coefficient (Wildman–Crippen LogP) is 5.46. The summed E-state index contributed by atoms with van der Waals surface area (Å²) in [6.07, 6.45) is 1.80. The Balaban J connectivity index is 1.62. The molecule has 0 unspecified atom stereocenters. The highest BCUT2D eigenvalue weighted by atomic mass is 32.1. The Hall–Kier alpha value is -4.17. The van der Waals surface area contributed by atoms with Crippen molar-refractivity contribution >= 4 is 29.0 Å². The van der Waals surface area contributed by atoms with Gasteiger partial charge in [0.1, 0.15) is 5.75 Å². The number of thiocarbonyl (C=S) groups is 1. The average Bonchev–Trinajstić information content (AvgIpc) is 3.43. The van der Waals surface area contributed by atoms with Gasteiger partial charge in [-0.3, -0.25) is 4.98 Å².